The third-order valence-electron chi connectivity index (χ3n) is 2.83. The van der Waals surface area contributed by atoms with Crippen molar-refractivity contribution in [3.05, 3.63) is 23.3 Å². The van der Waals surface area contributed by atoms with Gasteiger partial charge in [-0.15, -0.1) is 0 Å². The Morgan fingerprint density at radius 3 is 2.62 bits per heavy atom. The molecular formula is C12H14N2O2. The molecule has 0 saturated heterocycles. The van der Waals surface area contributed by atoms with E-state index in [1.54, 1.807) is 14.2 Å². The smallest absolute Gasteiger partial charge is 0.161 e. The molecule has 0 aromatic heterocycles. The summed E-state index contributed by atoms with van der Waals surface area (Å²) in [6.07, 6.45) is 0.911. The molecule has 1 aliphatic heterocycles. The van der Waals surface area contributed by atoms with Crippen molar-refractivity contribution in [3.8, 4) is 17.6 Å². The third kappa shape index (κ3) is 1.70. The second-order valence-electron chi connectivity index (χ2n) is 3.67. The van der Waals surface area contributed by atoms with Crippen LogP contribution in [0.4, 0.5) is 0 Å². The fourth-order valence-corrected chi connectivity index (χ4v) is 2.00. The van der Waals surface area contributed by atoms with Crippen LogP contribution in [0.5, 0.6) is 11.5 Å². The van der Waals surface area contributed by atoms with E-state index in [1.807, 2.05) is 12.1 Å². The van der Waals surface area contributed by atoms with Crippen molar-refractivity contribution in [2.75, 3.05) is 20.8 Å². The highest BCUT2D eigenvalue weighted by molar-refractivity contribution is 5.50. The summed E-state index contributed by atoms with van der Waals surface area (Å²) in [6, 6.07) is 5.84. The molecule has 16 heavy (non-hydrogen) atoms. The normalized spacial score (nSPS) is 18.4. The van der Waals surface area contributed by atoms with E-state index < -0.39 is 0 Å². The van der Waals surface area contributed by atoms with Crippen LogP contribution in [0.15, 0.2) is 12.1 Å². The Bertz CT molecular complexity index is 437. The molecule has 0 radical (unpaired) electrons. The zero-order valence-electron chi connectivity index (χ0n) is 9.41. The van der Waals surface area contributed by atoms with Crippen LogP contribution in [0, 0.1) is 11.3 Å². The minimum absolute atomic E-state index is 0.247. The minimum atomic E-state index is -0.247. The fourth-order valence-electron chi connectivity index (χ4n) is 2.00. The fraction of sp³-hybridized carbons (Fsp3) is 0.417. The van der Waals surface area contributed by atoms with E-state index in [1.165, 1.54) is 0 Å². The second kappa shape index (κ2) is 4.42. The first kappa shape index (κ1) is 10.8. The summed E-state index contributed by atoms with van der Waals surface area (Å²) < 4.78 is 10.5. The molecule has 1 aliphatic rings. The Morgan fingerprint density at radius 1 is 1.31 bits per heavy atom. The SMILES string of the molecule is COc1cc2c(cc1OC)[C@H](C#N)NCC2. The average Bonchev–Trinajstić information content (AvgIpc) is 2.36. The van der Waals surface area contributed by atoms with Crippen LogP contribution in [0.1, 0.15) is 17.2 Å². The van der Waals surface area contributed by atoms with Crippen molar-refractivity contribution in [1.29, 1.82) is 5.26 Å². The predicted octanol–water partition coefficient (Wildman–Crippen LogP) is 1.41. The summed E-state index contributed by atoms with van der Waals surface area (Å²) >= 11 is 0. The molecule has 1 aromatic rings. The van der Waals surface area contributed by atoms with Gasteiger partial charge in [-0.1, -0.05) is 0 Å². The summed E-state index contributed by atoms with van der Waals surface area (Å²) in [5.41, 5.74) is 2.15. The van der Waals surface area contributed by atoms with Crippen molar-refractivity contribution >= 4 is 0 Å². The van der Waals surface area contributed by atoms with Gasteiger partial charge in [0.25, 0.3) is 0 Å². The monoisotopic (exact) mass is 218 g/mol. The Kier molecular flexibility index (Phi) is 2.97. The lowest BCUT2D eigenvalue weighted by molar-refractivity contribution is 0.353. The van der Waals surface area contributed by atoms with Gasteiger partial charge >= 0.3 is 0 Å². The lowest BCUT2D eigenvalue weighted by Gasteiger charge is -2.23. The van der Waals surface area contributed by atoms with E-state index in [2.05, 4.69) is 11.4 Å². The lowest BCUT2D eigenvalue weighted by atomic mass is 9.94. The molecule has 1 aromatic carbocycles. The van der Waals surface area contributed by atoms with Crippen molar-refractivity contribution in [2.24, 2.45) is 0 Å². The van der Waals surface area contributed by atoms with E-state index in [0.29, 0.717) is 5.75 Å². The van der Waals surface area contributed by atoms with Crippen molar-refractivity contribution in [2.45, 2.75) is 12.5 Å². The summed E-state index contributed by atoms with van der Waals surface area (Å²) in [4.78, 5) is 0. The molecule has 4 nitrogen and oxygen atoms in total. The molecule has 84 valence electrons. The van der Waals surface area contributed by atoms with E-state index in [-0.39, 0.29) is 6.04 Å². The number of hydrogen-bond acceptors (Lipinski definition) is 4. The van der Waals surface area contributed by atoms with Crippen molar-refractivity contribution in [1.82, 2.24) is 5.32 Å². The van der Waals surface area contributed by atoms with Gasteiger partial charge in [0, 0.05) is 6.54 Å². The number of fused-ring (bicyclic) bond motifs is 1. The van der Waals surface area contributed by atoms with E-state index in [4.69, 9.17) is 14.7 Å². The number of benzene rings is 1. The molecular weight excluding hydrogens is 204 g/mol. The van der Waals surface area contributed by atoms with Crippen LogP contribution in [0.3, 0.4) is 0 Å². The van der Waals surface area contributed by atoms with Gasteiger partial charge in [-0.05, 0) is 29.7 Å². The molecule has 1 heterocycles. The first-order valence-electron chi connectivity index (χ1n) is 5.18. The van der Waals surface area contributed by atoms with Gasteiger partial charge in [-0.2, -0.15) is 5.26 Å². The van der Waals surface area contributed by atoms with E-state index in [0.717, 1.165) is 29.8 Å². The molecule has 0 spiro atoms. The summed E-state index contributed by atoms with van der Waals surface area (Å²) in [7, 11) is 3.22. The molecule has 4 heteroatoms. The van der Waals surface area contributed by atoms with E-state index >= 15 is 0 Å². The van der Waals surface area contributed by atoms with Gasteiger partial charge in [0.05, 0.1) is 20.3 Å². The number of methoxy groups -OCH3 is 2. The molecule has 0 fully saturated rings. The maximum atomic E-state index is 9.04. The summed E-state index contributed by atoms with van der Waals surface area (Å²) in [5, 5.41) is 12.2. The van der Waals surface area contributed by atoms with Crippen molar-refractivity contribution < 1.29 is 9.47 Å². The topological polar surface area (TPSA) is 54.3 Å². The first-order chi connectivity index (χ1) is 7.80. The van der Waals surface area contributed by atoms with Crippen LogP contribution in [0.25, 0.3) is 0 Å². The molecule has 0 aliphatic carbocycles. The number of nitriles is 1. The highest BCUT2D eigenvalue weighted by Crippen LogP contribution is 2.34. The van der Waals surface area contributed by atoms with Crippen LogP contribution in [0.2, 0.25) is 0 Å². The largest absolute Gasteiger partial charge is 0.493 e. The van der Waals surface area contributed by atoms with Gasteiger partial charge in [-0.25, -0.2) is 0 Å². The highest BCUT2D eigenvalue weighted by atomic mass is 16.5. The average molecular weight is 218 g/mol. The Hall–Kier alpha value is -1.73. The third-order valence-corrected chi connectivity index (χ3v) is 2.83. The van der Waals surface area contributed by atoms with Crippen molar-refractivity contribution in [3.63, 3.8) is 0 Å². The zero-order chi connectivity index (χ0) is 11.5. The van der Waals surface area contributed by atoms with Gasteiger partial charge in [0.1, 0.15) is 6.04 Å². The molecule has 0 amide bonds. The number of ether oxygens (including phenoxy) is 2. The molecule has 0 saturated carbocycles. The Balaban J connectivity index is 2.51. The second-order valence-corrected chi connectivity index (χ2v) is 3.67. The Morgan fingerprint density at radius 2 is 2.00 bits per heavy atom. The summed E-state index contributed by atoms with van der Waals surface area (Å²) in [5.74, 6) is 1.39. The maximum absolute atomic E-state index is 9.04. The van der Waals surface area contributed by atoms with Crippen LogP contribution in [-0.4, -0.2) is 20.8 Å². The molecule has 0 unspecified atom stereocenters. The molecule has 0 bridgehead atoms. The standard InChI is InChI=1S/C12H14N2O2/c1-15-11-5-8-3-4-14-10(7-13)9(8)6-12(11)16-2/h5-6,10,14H,3-4H2,1-2H3/t10-/m0/s1. The van der Waals surface area contributed by atoms with Gasteiger partial charge in [-0.3, -0.25) is 5.32 Å². The summed E-state index contributed by atoms with van der Waals surface area (Å²) in [6.45, 7) is 0.820. The lowest BCUT2D eigenvalue weighted by Crippen LogP contribution is -2.28. The van der Waals surface area contributed by atoms with E-state index in [9.17, 15) is 0 Å². The van der Waals surface area contributed by atoms with Crippen LogP contribution in [-0.2, 0) is 6.42 Å². The van der Waals surface area contributed by atoms with Gasteiger partial charge in [0.15, 0.2) is 11.5 Å². The number of rotatable bonds is 2. The first-order valence-corrected chi connectivity index (χ1v) is 5.18. The van der Waals surface area contributed by atoms with Crippen LogP contribution < -0.4 is 14.8 Å². The number of hydrogen-bond donors (Lipinski definition) is 1. The molecule has 2 rings (SSSR count). The predicted molar refractivity (Wildman–Crippen MR) is 59.6 cm³/mol. The maximum Gasteiger partial charge on any atom is 0.161 e. The highest BCUT2D eigenvalue weighted by Gasteiger charge is 2.21. The Labute approximate surface area is 94.8 Å². The zero-order valence-corrected chi connectivity index (χ0v) is 9.41. The molecule has 1 N–H and O–H groups in total. The van der Waals surface area contributed by atoms with Gasteiger partial charge in [0.2, 0.25) is 0 Å². The van der Waals surface area contributed by atoms with Gasteiger partial charge < -0.3 is 9.47 Å². The minimum Gasteiger partial charge on any atom is -0.493 e. The number of nitrogens with zero attached hydrogens (tertiary/aromatic N) is 1. The molecule has 1 atom stereocenters. The quantitative estimate of drug-likeness (QED) is 0.815. The van der Waals surface area contributed by atoms with Crippen LogP contribution >= 0.6 is 0 Å². The number of nitrogens with one attached hydrogen (secondary N) is 1.